The van der Waals surface area contributed by atoms with Gasteiger partial charge in [0.25, 0.3) is 0 Å². The molecule has 2 heterocycles. The summed E-state index contributed by atoms with van der Waals surface area (Å²) in [4.78, 5) is 27.3. The Labute approximate surface area is 155 Å². The van der Waals surface area contributed by atoms with E-state index in [9.17, 15) is 4.79 Å². The summed E-state index contributed by atoms with van der Waals surface area (Å²) < 4.78 is 0. The largest absolute Gasteiger partial charge is 0.338 e. The zero-order valence-electron chi connectivity index (χ0n) is 15.9. The second kappa shape index (κ2) is 8.27. The van der Waals surface area contributed by atoms with Crippen LogP contribution in [0.2, 0.25) is 0 Å². The standard InChI is InChI=1S/C20H27N5O/c1-16-5-6-18(17(2)13-16)14-23(3)15-19(26)24-9-11-25(12-10-24)20-21-7-4-8-22-20/h4-8,13H,9-12,14-15H2,1-3H3. The monoisotopic (exact) mass is 353 g/mol. The number of hydrogen-bond donors (Lipinski definition) is 0. The molecule has 1 aromatic carbocycles. The second-order valence-electron chi connectivity index (χ2n) is 7.02. The molecule has 6 nitrogen and oxygen atoms in total. The van der Waals surface area contributed by atoms with E-state index in [-0.39, 0.29) is 5.91 Å². The molecule has 0 radical (unpaired) electrons. The first kappa shape index (κ1) is 18.3. The molecule has 1 aliphatic heterocycles. The lowest BCUT2D eigenvalue weighted by molar-refractivity contribution is -0.132. The minimum Gasteiger partial charge on any atom is -0.338 e. The third-order valence-corrected chi connectivity index (χ3v) is 4.81. The van der Waals surface area contributed by atoms with Gasteiger partial charge in [-0.3, -0.25) is 9.69 Å². The molecule has 1 aromatic heterocycles. The lowest BCUT2D eigenvalue weighted by atomic mass is 10.1. The number of hydrogen-bond acceptors (Lipinski definition) is 5. The number of benzene rings is 1. The van der Waals surface area contributed by atoms with Gasteiger partial charge in [0, 0.05) is 45.1 Å². The average molecular weight is 353 g/mol. The first-order valence-corrected chi connectivity index (χ1v) is 9.07. The minimum absolute atomic E-state index is 0.186. The zero-order chi connectivity index (χ0) is 18.5. The number of likely N-dealkylation sites (N-methyl/N-ethyl adjacent to an activating group) is 1. The average Bonchev–Trinajstić information content (AvgIpc) is 2.65. The van der Waals surface area contributed by atoms with Crippen LogP contribution in [-0.2, 0) is 11.3 Å². The molecule has 1 amide bonds. The molecule has 138 valence electrons. The number of carbonyl (C=O) groups excluding carboxylic acids is 1. The van der Waals surface area contributed by atoms with Gasteiger partial charge in [-0.1, -0.05) is 23.8 Å². The van der Waals surface area contributed by atoms with Gasteiger partial charge in [0.1, 0.15) is 0 Å². The number of carbonyl (C=O) groups is 1. The summed E-state index contributed by atoms with van der Waals surface area (Å²) in [6.07, 6.45) is 3.50. The maximum absolute atomic E-state index is 12.6. The quantitative estimate of drug-likeness (QED) is 0.821. The van der Waals surface area contributed by atoms with Crippen LogP contribution >= 0.6 is 0 Å². The predicted molar refractivity (Wildman–Crippen MR) is 103 cm³/mol. The Kier molecular flexibility index (Phi) is 5.83. The van der Waals surface area contributed by atoms with Crippen LogP contribution in [0, 0.1) is 13.8 Å². The van der Waals surface area contributed by atoms with Gasteiger partial charge in [0.05, 0.1) is 6.54 Å². The van der Waals surface area contributed by atoms with Gasteiger partial charge in [-0.25, -0.2) is 9.97 Å². The van der Waals surface area contributed by atoms with Crippen LogP contribution in [-0.4, -0.2) is 65.4 Å². The molecule has 3 rings (SSSR count). The first-order valence-electron chi connectivity index (χ1n) is 9.07. The minimum atomic E-state index is 0.186. The van der Waals surface area contributed by atoms with Gasteiger partial charge in [0.15, 0.2) is 0 Å². The fourth-order valence-corrected chi connectivity index (χ4v) is 3.31. The van der Waals surface area contributed by atoms with E-state index in [2.05, 4.69) is 51.8 Å². The maximum Gasteiger partial charge on any atom is 0.236 e. The number of anilines is 1. The number of amides is 1. The van der Waals surface area contributed by atoms with E-state index in [1.165, 1.54) is 16.7 Å². The molecule has 1 aliphatic rings. The van der Waals surface area contributed by atoms with Crippen molar-refractivity contribution in [1.82, 2.24) is 19.8 Å². The number of aryl methyl sites for hydroxylation is 2. The molecule has 0 N–H and O–H groups in total. The van der Waals surface area contributed by atoms with Crippen molar-refractivity contribution in [3.05, 3.63) is 53.3 Å². The molecule has 0 saturated carbocycles. The van der Waals surface area contributed by atoms with Crippen LogP contribution in [0.25, 0.3) is 0 Å². The van der Waals surface area contributed by atoms with Gasteiger partial charge in [-0.05, 0) is 38.1 Å². The predicted octanol–water partition coefficient (Wildman–Crippen LogP) is 1.87. The molecule has 2 aromatic rings. The van der Waals surface area contributed by atoms with Crippen molar-refractivity contribution < 1.29 is 4.79 Å². The lowest BCUT2D eigenvalue weighted by Gasteiger charge is -2.35. The van der Waals surface area contributed by atoms with Crippen LogP contribution in [0.5, 0.6) is 0 Å². The first-order chi connectivity index (χ1) is 12.5. The van der Waals surface area contributed by atoms with E-state index in [1.54, 1.807) is 12.4 Å². The van der Waals surface area contributed by atoms with Crippen molar-refractivity contribution in [3.8, 4) is 0 Å². The Morgan fingerprint density at radius 1 is 1.12 bits per heavy atom. The lowest BCUT2D eigenvalue weighted by Crippen LogP contribution is -2.51. The van der Waals surface area contributed by atoms with Crippen molar-refractivity contribution >= 4 is 11.9 Å². The fourth-order valence-electron chi connectivity index (χ4n) is 3.31. The number of rotatable bonds is 5. The van der Waals surface area contributed by atoms with E-state index in [1.807, 2.05) is 18.0 Å². The van der Waals surface area contributed by atoms with Crippen molar-refractivity contribution in [2.45, 2.75) is 20.4 Å². The molecule has 6 heteroatoms. The third kappa shape index (κ3) is 4.58. The van der Waals surface area contributed by atoms with Crippen molar-refractivity contribution in [2.75, 3.05) is 44.7 Å². The molecule has 1 fully saturated rings. The fraction of sp³-hybridized carbons (Fsp3) is 0.450. The zero-order valence-corrected chi connectivity index (χ0v) is 15.9. The summed E-state index contributed by atoms with van der Waals surface area (Å²) in [7, 11) is 2.01. The Morgan fingerprint density at radius 3 is 2.46 bits per heavy atom. The molecule has 26 heavy (non-hydrogen) atoms. The van der Waals surface area contributed by atoms with Gasteiger partial charge in [0.2, 0.25) is 11.9 Å². The Bertz CT molecular complexity index is 741. The summed E-state index contributed by atoms with van der Waals surface area (Å²) in [5.74, 6) is 0.928. The third-order valence-electron chi connectivity index (χ3n) is 4.81. The van der Waals surface area contributed by atoms with E-state index >= 15 is 0 Å². The van der Waals surface area contributed by atoms with E-state index in [0.717, 1.165) is 25.6 Å². The van der Waals surface area contributed by atoms with E-state index in [4.69, 9.17) is 0 Å². The van der Waals surface area contributed by atoms with Crippen molar-refractivity contribution in [1.29, 1.82) is 0 Å². The molecule has 0 bridgehead atoms. The van der Waals surface area contributed by atoms with Crippen LogP contribution in [0.3, 0.4) is 0 Å². The smallest absolute Gasteiger partial charge is 0.236 e. The normalized spacial score (nSPS) is 14.8. The summed E-state index contributed by atoms with van der Waals surface area (Å²) in [6, 6.07) is 8.29. The van der Waals surface area contributed by atoms with Crippen molar-refractivity contribution in [3.63, 3.8) is 0 Å². The number of nitrogens with zero attached hydrogens (tertiary/aromatic N) is 5. The summed E-state index contributed by atoms with van der Waals surface area (Å²) in [5, 5.41) is 0. The molecule has 1 saturated heterocycles. The van der Waals surface area contributed by atoms with Crippen LogP contribution < -0.4 is 4.90 Å². The second-order valence-corrected chi connectivity index (χ2v) is 7.02. The Balaban J connectivity index is 1.49. The van der Waals surface area contributed by atoms with Crippen LogP contribution in [0.4, 0.5) is 5.95 Å². The number of aromatic nitrogens is 2. The number of piperazine rings is 1. The van der Waals surface area contributed by atoms with Crippen LogP contribution in [0.15, 0.2) is 36.7 Å². The molecule has 0 spiro atoms. The summed E-state index contributed by atoms with van der Waals surface area (Å²) in [5.41, 5.74) is 3.82. The van der Waals surface area contributed by atoms with Crippen LogP contribution in [0.1, 0.15) is 16.7 Å². The Hall–Kier alpha value is -2.47. The van der Waals surface area contributed by atoms with Gasteiger partial charge < -0.3 is 9.80 Å². The maximum atomic E-state index is 12.6. The van der Waals surface area contributed by atoms with E-state index < -0.39 is 0 Å². The van der Waals surface area contributed by atoms with Crippen molar-refractivity contribution in [2.24, 2.45) is 0 Å². The molecular formula is C20H27N5O. The van der Waals surface area contributed by atoms with Gasteiger partial charge >= 0.3 is 0 Å². The highest BCUT2D eigenvalue weighted by Crippen LogP contribution is 2.13. The molecule has 0 aliphatic carbocycles. The summed E-state index contributed by atoms with van der Waals surface area (Å²) in [6.45, 7) is 8.44. The Morgan fingerprint density at radius 2 is 1.81 bits per heavy atom. The highest BCUT2D eigenvalue weighted by molar-refractivity contribution is 5.78. The van der Waals surface area contributed by atoms with Gasteiger partial charge in [-0.15, -0.1) is 0 Å². The molecule has 0 unspecified atom stereocenters. The van der Waals surface area contributed by atoms with E-state index in [0.29, 0.717) is 19.6 Å². The topological polar surface area (TPSA) is 52.6 Å². The highest BCUT2D eigenvalue weighted by Gasteiger charge is 2.23. The molecule has 0 atom stereocenters. The van der Waals surface area contributed by atoms with Gasteiger partial charge in [-0.2, -0.15) is 0 Å². The summed E-state index contributed by atoms with van der Waals surface area (Å²) >= 11 is 0. The SMILES string of the molecule is Cc1ccc(CN(C)CC(=O)N2CCN(c3ncccn3)CC2)c(C)c1. The molecular weight excluding hydrogens is 326 g/mol. The highest BCUT2D eigenvalue weighted by atomic mass is 16.2.